The van der Waals surface area contributed by atoms with Crippen LogP contribution in [0.3, 0.4) is 0 Å². The molecule has 0 radical (unpaired) electrons. The molecule has 1 unspecified atom stereocenters. The van der Waals surface area contributed by atoms with Crippen LogP contribution in [0.2, 0.25) is 0 Å². The van der Waals surface area contributed by atoms with Crippen molar-refractivity contribution < 1.29 is 4.74 Å². The first-order chi connectivity index (χ1) is 9.61. The molecule has 1 N–H and O–H groups in total. The molecular formula is C17H20BrNO. The molecule has 0 heterocycles. The van der Waals surface area contributed by atoms with Crippen molar-refractivity contribution in [2.75, 3.05) is 11.9 Å². The van der Waals surface area contributed by atoms with Crippen molar-refractivity contribution in [3.8, 4) is 5.75 Å². The topological polar surface area (TPSA) is 21.3 Å². The second-order valence-corrected chi connectivity index (χ2v) is 5.71. The fourth-order valence-corrected chi connectivity index (χ4v) is 2.70. The van der Waals surface area contributed by atoms with Crippen molar-refractivity contribution >= 4 is 21.6 Å². The number of para-hydroxylation sites is 1. The maximum absolute atomic E-state index is 5.70. The quantitative estimate of drug-likeness (QED) is 0.798. The Kier molecular flexibility index (Phi) is 5.07. The second kappa shape index (κ2) is 6.80. The van der Waals surface area contributed by atoms with E-state index in [1.165, 1.54) is 11.1 Å². The lowest BCUT2D eigenvalue weighted by molar-refractivity contribution is 0.335. The van der Waals surface area contributed by atoms with E-state index < -0.39 is 0 Å². The molecule has 0 saturated heterocycles. The van der Waals surface area contributed by atoms with E-state index in [1.54, 1.807) is 0 Å². The summed E-state index contributed by atoms with van der Waals surface area (Å²) in [6, 6.07) is 14.6. The van der Waals surface area contributed by atoms with Gasteiger partial charge in [-0.3, -0.25) is 0 Å². The number of rotatable bonds is 5. The standard InChI is InChI=1S/C17H20BrNO/c1-4-20-17-8-6-5-7-15(17)13(3)19-16-10-9-14(18)11-12(16)2/h5-11,13,19H,4H2,1-3H3. The van der Waals surface area contributed by atoms with Crippen molar-refractivity contribution in [1.82, 2.24) is 0 Å². The number of nitrogens with one attached hydrogen (secondary N) is 1. The van der Waals surface area contributed by atoms with Gasteiger partial charge in [-0.25, -0.2) is 0 Å². The average molecular weight is 334 g/mol. The van der Waals surface area contributed by atoms with Gasteiger partial charge in [-0.1, -0.05) is 34.1 Å². The average Bonchev–Trinajstić information content (AvgIpc) is 2.43. The maximum atomic E-state index is 5.70. The highest BCUT2D eigenvalue weighted by Gasteiger charge is 2.11. The predicted octanol–water partition coefficient (Wildman–Crippen LogP) is 5.33. The normalized spacial score (nSPS) is 12.0. The van der Waals surface area contributed by atoms with Gasteiger partial charge in [-0.15, -0.1) is 0 Å². The summed E-state index contributed by atoms with van der Waals surface area (Å²) in [6.45, 7) is 6.95. The molecule has 0 aliphatic carbocycles. The van der Waals surface area contributed by atoms with Crippen LogP contribution < -0.4 is 10.1 Å². The van der Waals surface area contributed by atoms with E-state index in [0.29, 0.717) is 6.61 Å². The maximum Gasteiger partial charge on any atom is 0.124 e. The van der Waals surface area contributed by atoms with E-state index in [2.05, 4.69) is 59.4 Å². The lowest BCUT2D eigenvalue weighted by atomic mass is 10.1. The van der Waals surface area contributed by atoms with Gasteiger partial charge in [0.2, 0.25) is 0 Å². The lowest BCUT2D eigenvalue weighted by Gasteiger charge is -2.20. The van der Waals surface area contributed by atoms with Gasteiger partial charge < -0.3 is 10.1 Å². The van der Waals surface area contributed by atoms with Crippen LogP contribution in [0.25, 0.3) is 0 Å². The van der Waals surface area contributed by atoms with Crippen LogP contribution in [0.4, 0.5) is 5.69 Å². The fraction of sp³-hybridized carbons (Fsp3) is 0.294. The van der Waals surface area contributed by atoms with E-state index >= 15 is 0 Å². The van der Waals surface area contributed by atoms with Crippen molar-refractivity contribution in [1.29, 1.82) is 0 Å². The molecule has 0 spiro atoms. The van der Waals surface area contributed by atoms with Crippen LogP contribution >= 0.6 is 15.9 Å². The first-order valence-corrected chi connectivity index (χ1v) is 7.65. The van der Waals surface area contributed by atoms with Gasteiger partial charge in [0, 0.05) is 15.7 Å². The summed E-state index contributed by atoms with van der Waals surface area (Å²) >= 11 is 3.49. The van der Waals surface area contributed by atoms with Crippen molar-refractivity contribution in [2.45, 2.75) is 26.8 Å². The Bertz CT molecular complexity index is 583. The highest BCUT2D eigenvalue weighted by atomic mass is 79.9. The third-order valence-electron chi connectivity index (χ3n) is 3.25. The first kappa shape index (κ1) is 14.9. The highest BCUT2D eigenvalue weighted by Crippen LogP contribution is 2.29. The minimum absolute atomic E-state index is 0.192. The van der Waals surface area contributed by atoms with E-state index in [0.717, 1.165) is 15.9 Å². The lowest BCUT2D eigenvalue weighted by Crippen LogP contribution is -2.09. The van der Waals surface area contributed by atoms with Gasteiger partial charge in [0.05, 0.1) is 12.6 Å². The SMILES string of the molecule is CCOc1ccccc1C(C)Nc1ccc(Br)cc1C. The number of aryl methyl sites for hydroxylation is 1. The summed E-state index contributed by atoms with van der Waals surface area (Å²) in [5.74, 6) is 0.949. The van der Waals surface area contributed by atoms with E-state index in [-0.39, 0.29) is 6.04 Å². The van der Waals surface area contributed by atoms with Crippen LogP contribution in [-0.4, -0.2) is 6.61 Å². The molecule has 1 atom stereocenters. The summed E-state index contributed by atoms with van der Waals surface area (Å²) < 4.78 is 6.80. The minimum Gasteiger partial charge on any atom is -0.494 e. The van der Waals surface area contributed by atoms with Gasteiger partial charge in [-0.2, -0.15) is 0 Å². The Hall–Kier alpha value is -1.48. The monoisotopic (exact) mass is 333 g/mol. The van der Waals surface area contributed by atoms with Crippen LogP contribution in [-0.2, 0) is 0 Å². The van der Waals surface area contributed by atoms with Gasteiger partial charge in [0.1, 0.15) is 5.75 Å². The van der Waals surface area contributed by atoms with Gasteiger partial charge in [0.25, 0.3) is 0 Å². The number of halogens is 1. The van der Waals surface area contributed by atoms with Crippen LogP contribution in [0, 0.1) is 6.92 Å². The van der Waals surface area contributed by atoms with Crippen LogP contribution in [0.1, 0.15) is 31.0 Å². The molecule has 0 aliphatic rings. The van der Waals surface area contributed by atoms with Gasteiger partial charge in [0.15, 0.2) is 0 Å². The zero-order valence-corrected chi connectivity index (χ0v) is 13.7. The Morgan fingerprint density at radius 1 is 1.20 bits per heavy atom. The molecule has 3 heteroatoms. The van der Waals surface area contributed by atoms with E-state index in [9.17, 15) is 0 Å². The smallest absolute Gasteiger partial charge is 0.124 e. The molecule has 0 aliphatic heterocycles. The molecule has 0 amide bonds. The molecule has 106 valence electrons. The molecule has 0 aromatic heterocycles. The zero-order chi connectivity index (χ0) is 14.5. The van der Waals surface area contributed by atoms with Crippen LogP contribution in [0.5, 0.6) is 5.75 Å². The largest absolute Gasteiger partial charge is 0.494 e. The fourth-order valence-electron chi connectivity index (χ4n) is 2.23. The molecule has 2 aromatic carbocycles. The summed E-state index contributed by atoms with van der Waals surface area (Å²) in [4.78, 5) is 0. The molecule has 20 heavy (non-hydrogen) atoms. The molecular weight excluding hydrogens is 314 g/mol. The number of anilines is 1. The van der Waals surface area contributed by atoms with Gasteiger partial charge in [-0.05, 0) is 50.6 Å². The minimum atomic E-state index is 0.192. The number of hydrogen-bond acceptors (Lipinski definition) is 2. The summed E-state index contributed by atoms with van der Waals surface area (Å²) in [6.07, 6.45) is 0. The second-order valence-electron chi connectivity index (χ2n) is 4.80. The Labute approximate surface area is 129 Å². The Morgan fingerprint density at radius 2 is 1.95 bits per heavy atom. The number of benzene rings is 2. The highest BCUT2D eigenvalue weighted by molar-refractivity contribution is 9.10. The van der Waals surface area contributed by atoms with Gasteiger partial charge >= 0.3 is 0 Å². The Balaban J connectivity index is 2.21. The number of hydrogen-bond donors (Lipinski definition) is 1. The first-order valence-electron chi connectivity index (χ1n) is 6.86. The third kappa shape index (κ3) is 3.54. The summed E-state index contributed by atoms with van der Waals surface area (Å²) in [5.41, 5.74) is 3.55. The van der Waals surface area contributed by atoms with Crippen molar-refractivity contribution in [3.05, 3.63) is 58.1 Å². The Morgan fingerprint density at radius 3 is 2.65 bits per heavy atom. The molecule has 2 aromatic rings. The van der Waals surface area contributed by atoms with E-state index in [1.807, 2.05) is 25.1 Å². The van der Waals surface area contributed by atoms with Crippen molar-refractivity contribution in [2.24, 2.45) is 0 Å². The molecule has 2 rings (SSSR count). The summed E-state index contributed by atoms with van der Waals surface area (Å²) in [7, 11) is 0. The predicted molar refractivity (Wildman–Crippen MR) is 88.5 cm³/mol. The number of ether oxygens (including phenoxy) is 1. The molecule has 0 bridgehead atoms. The molecule has 0 saturated carbocycles. The zero-order valence-electron chi connectivity index (χ0n) is 12.1. The van der Waals surface area contributed by atoms with Crippen LogP contribution in [0.15, 0.2) is 46.9 Å². The van der Waals surface area contributed by atoms with E-state index in [4.69, 9.17) is 4.74 Å². The summed E-state index contributed by atoms with van der Waals surface area (Å²) in [5, 5.41) is 3.55. The molecule has 2 nitrogen and oxygen atoms in total. The van der Waals surface area contributed by atoms with Crippen molar-refractivity contribution in [3.63, 3.8) is 0 Å². The third-order valence-corrected chi connectivity index (χ3v) is 3.74. The molecule has 0 fully saturated rings.